The molecule has 2 unspecified atom stereocenters. The normalized spacial score (nSPS) is 18.6. The second-order valence-electron chi connectivity index (χ2n) is 5.81. The van der Waals surface area contributed by atoms with E-state index in [1.165, 1.54) is 32.4 Å². The van der Waals surface area contributed by atoms with E-state index >= 15 is 0 Å². The summed E-state index contributed by atoms with van der Waals surface area (Å²) in [5.74, 6) is 6.23. The number of aromatic nitrogens is 1. The van der Waals surface area contributed by atoms with Crippen molar-refractivity contribution < 1.29 is 0 Å². The van der Waals surface area contributed by atoms with Crippen LogP contribution >= 0.6 is 15.9 Å². The Morgan fingerprint density at radius 2 is 2.05 bits per heavy atom. The van der Waals surface area contributed by atoms with Crippen molar-refractivity contribution in [2.75, 3.05) is 0 Å². The fourth-order valence-electron chi connectivity index (χ4n) is 3.37. The molecule has 0 amide bonds. The van der Waals surface area contributed by atoms with Gasteiger partial charge in [-0.1, -0.05) is 34.1 Å². The maximum atomic E-state index is 5.89. The first-order chi connectivity index (χ1) is 10.1. The molecule has 1 aromatic heterocycles. The van der Waals surface area contributed by atoms with Gasteiger partial charge in [0.05, 0.1) is 6.04 Å². The van der Waals surface area contributed by atoms with Crippen LogP contribution in [0.4, 0.5) is 0 Å². The Morgan fingerprint density at radius 3 is 2.71 bits per heavy atom. The molecular weight excluding hydrogens is 326 g/mol. The number of hydrazine groups is 1. The van der Waals surface area contributed by atoms with Gasteiger partial charge in [-0.05, 0) is 55.0 Å². The Hall–Kier alpha value is -1.23. The van der Waals surface area contributed by atoms with Crippen LogP contribution in [0.5, 0.6) is 0 Å². The van der Waals surface area contributed by atoms with Crippen molar-refractivity contribution in [3.8, 4) is 0 Å². The molecule has 1 aliphatic carbocycles. The fourth-order valence-corrected chi connectivity index (χ4v) is 3.60. The molecule has 1 aliphatic rings. The number of nitrogens with one attached hydrogen (secondary N) is 1. The number of fused-ring (bicyclic) bond motifs is 1. The highest BCUT2D eigenvalue weighted by molar-refractivity contribution is 9.10. The van der Waals surface area contributed by atoms with Gasteiger partial charge in [0, 0.05) is 22.3 Å². The summed E-state index contributed by atoms with van der Waals surface area (Å²) < 4.78 is 1.17. The molecule has 3 N–H and O–H groups in total. The molecule has 0 bridgehead atoms. The van der Waals surface area contributed by atoms with Crippen LogP contribution in [0.2, 0.25) is 0 Å². The Morgan fingerprint density at radius 1 is 1.33 bits per heavy atom. The Bertz CT molecular complexity index is 646. The largest absolute Gasteiger partial charge is 0.271 e. The lowest BCUT2D eigenvalue weighted by atomic mass is 9.89. The minimum absolute atomic E-state index is 0.103. The summed E-state index contributed by atoms with van der Waals surface area (Å²) in [7, 11) is 0. The van der Waals surface area contributed by atoms with Crippen molar-refractivity contribution in [1.82, 2.24) is 10.4 Å². The number of pyridine rings is 1. The van der Waals surface area contributed by atoms with Crippen LogP contribution in [0.15, 0.2) is 34.9 Å². The second-order valence-corrected chi connectivity index (χ2v) is 6.60. The smallest absolute Gasteiger partial charge is 0.0544 e. The van der Waals surface area contributed by atoms with Crippen LogP contribution in [0.25, 0.3) is 0 Å². The summed E-state index contributed by atoms with van der Waals surface area (Å²) >= 11 is 3.63. The highest BCUT2D eigenvalue weighted by Gasteiger charge is 2.31. The van der Waals surface area contributed by atoms with Crippen molar-refractivity contribution >= 4 is 15.9 Å². The van der Waals surface area contributed by atoms with Gasteiger partial charge in [0.1, 0.15) is 0 Å². The highest BCUT2D eigenvalue weighted by atomic mass is 79.9. The van der Waals surface area contributed by atoms with Crippen molar-refractivity contribution in [3.63, 3.8) is 0 Å². The molecule has 1 aromatic carbocycles. The summed E-state index contributed by atoms with van der Waals surface area (Å²) in [5.41, 5.74) is 9.28. The Balaban J connectivity index is 2.00. The fraction of sp³-hybridized carbons (Fsp3) is 0.353. The number of hydrogen-bond acceptors (Lipinski definition) is 3. The second kappa shape index (κ2) is 5.87. The van der Waals surface area contributed by atoms with Gasteiger partial charge in [0.25, 0.3) is 0 Å². The molecule has 21 heavy (non-hydrogen) atoms. The predicted octanol–water partition coefficient (Wildman–Crippen LogP) is 3.70. The van der Waals surface area contributed by atoms with Gasteiger partial charge in [-0.2, -0.15) is 0 Å². The highest BCUT2D eigenvalue weighted by Crippen LogP contribution is 2.41. The van der Waals surface area contributed by atoms with Gasteiger partial charge in [0.15, 0.2) is 0 Å². The number of rotatable bonds is 3. The first kappa shape index (κ1) is 14.7. The standard InChI is InChI=1S/C17H20BrN3/c1-10-8-13(9-11(2)15(10)18)17(21-19)14-6-5-12-4-3-7-20-16(12)14/h3-4,7-9,14,17,21H,5-6,19H2,1-2H3. The Labute approximate surface area is 134 Å². The third kappa shape index (κ3) is 2.63. The zero-order valence-corrected chi connectivity index (χ0v) is 13.9. The Kier molecular flexibility index (Phi) is 4.11. The van der Waals surface area contributed by atoms with Crippen molar-refractivity contribution in [2.24, 2.45) is 5.84 Å². The number of hydrogen-bond donors (Lipinski definition) is 2. The van der Waals surface area contributed by atoms with Crippen LogP contribution in [-0.2, 0) is 6.42 Å². The number of nitrogens with zero attached hydrogens (tertiary/aromatic N) is 1. The number of nitrogens with two attached hydrogens (primary N) is 1. The molecule has 0 aliphatic heterocycles. The summed E-state index contributed by atoms with van der Waals surface area (Å²) in [6, 6.07) is 8.71. The molecular formula is C17H20BrN3. The van der Waals surface area contributed by atoms with E-state index in [1.807, 2.05) is 12.3 Å². The third-order valence-corrected chi connectivity index (χ3v) is 5.65. The first-order valence-corrected chi connectivity index (χ1v) is 8.07. The first-order valence-electron chi connectivity index (χ1n) is 7.28. The average Bonchev–Trinajstić information content (AvgIpc) is 2.90. The topological polar surface area (TPSA) is 50.9 Å². The van der Waals surface area contributed by atoms with Gasteiger partial charge in [-0.3, -0.25) is 16.3 Å². The van der Waals surface area contributed by atoms with E-state index in [-0.39, 0.29) is 6.04 Å². The molecule has 0 spiro atoms. The van der Waals surface area contributed by atoms with Crippen LogP contribution in [0.3, 0.4) is 0 Å². The van der Waals surface area contributed by atoms with Gasteiger partial charge in [0.2, 0.25) is 0 Å². The molecule has 0 fully saturated rings. The van der Waals surface area contributed by atoms with E-state index < -0.39 is 0 Å². The van der Waals surface area contributed by atoms with Crippen LogP contribution in [0.1, 0.15) is 46.3 Å². The van der Waals surface area contributed by atoms with E-state index in [1.54, 1.807) is 0 Å². The maximum absolute atomic E-state index is 5.89. The maximum Gasteiger partial charge on any atom is 0.0544 e. The minimum atomic E-state index is 0.103. The van der Waals surface area contributed by atoms with Gasteiger partial charge >= 0.3 is 0 Å². The van der Waals surface area contributed by atoms with E-state index in [9.17, 15) is 0 Å². The monoisotopic (exact) mass is 345 g/mol. The number of halogens is 1. The van der Waals surface area contributed by atoms with E-state index in [0.29, 0.717) is 5.92 Å². The molecule has 110 valence electrons. The van der Waals surface area contributed by atoms with Gasteiger partial charge in [-0.15, -0.1) is 0 Å². The minimum Gasteiger partial charge on any atom is -0.271 e. The summed E-state index contributed by atoms with van der Waals surface area (Å²) in [4.78, 5) is 4.59. The molecule has 0 radical (unpaired) electrons. The predicted molar refractivity (Wildman–Crippen MR) is 89.0 cm³/mol. The molecule has 4 heteroatoms. The third-order valence-electron chi connectivity index (χ3n) is 4.40. The van der Waals surface area contributed by atoms with Crippen molar-refractivity contribution in [3.05, 3.63) is 62.9 Å². The molecule has 3 rings (SSSR count). The molecule has 0 saturated heterocycles. The SMILES string of the molecule is Cc1cc(C(NN)C2CCc3cccnc32)cc(C)c1Br. The van der Waals surface area contributed by atoms with E-state index in [2.05, 4.69) is 58.4 Å². The lowest BCUT2D eigenvalue weighted by Gasteiger charge is -2.24. The zero-order chi connectivity index (χ0) is 15.0. The molecule has 1 heterocycles. The van der Waals surface area contributed by atoms with Crippen molar-refractivity contribution in [1.29, 1.82) is 0 Å². The summed E-state index contributed by atoms with van der Waals surface area (Å²) in [5, 5.41) is 0. The average molecular weight is 346 g/mol. The quantitative estimate of drug-likeness (QED) is 0.658. The molecule has 2 atom stereocenters. The van der Waals surface area contributed by atoms with Gasteiger partial charge in [-0.25, -0.2) is 0 Å². The summed E-state index contributed by atoms with van der Waals surface area (Å²) in [6.45, 7) is 4.24. The van der Waals surface area contributed by atoms with Crippen molar-refractivity contribution in [2.45, 2.75) is 38.6 Å². The van der Waals surface area contributed by atoms with Gasteiger partial charge < -0.3 is 0 Å². The van der Waals surface area contributed by atoms with E-state index in [0.717, 1.165) is 12.8 Å². The summed E-state index contributed by atoms with van der Waals surface area (Å²) in [6.07, 6.45) is 4.05. The molecule has 3 nitrogen and oxygen atoms in total. The van der Waals surface area contributed by atoms with E-state index in [4.69, 9.17) is 5.84 Å². The van der Waals surface area contributed by atoms with Crippen LogP contribution in [-0.4, -0.2) is 4.98 Å². The number of benzene rings is 1. The van der Waals surface area contributed by atoms with Crippen LogP contribution in [0, 0.1) is 13.8 Å². The lowest BCUT2D eigenvalue weighted by Crippen LogP contribution is -2.32. The molecule has 0 saturated carbocycles. The molecule has 2 aromatic rings. The number of aryl methyl sites for hydroxylation is 3. The zero-order valence-electron chi connectivity index (χ0n) is 12.4. The van der Waals surface area contributed by atoms with Crippen LogP contribution < -0.4 is 11.3 Å². The lowest BCUT2D eigenvalue weighted by molar-refractivity contribution is 0.446.